The topological polar surface area (TPSA) is 70.8 Å². The third-order valence-electron chi connectivity index (χ3n) is 5.02. The Hall–Kier alpha value is -1.57. The molecular formula is C19H25ClN2O4S. The zero-order valence-electron chi connectivity index (χ0n) is 15.9. The van der Waals surface area contributed by atoms with Crippen LogP contribution >= 0.6 is 11.6 Å². The van der Waals surface area contributed by atoms with Gasteiger partial charge in [-0.2, -0.15) is 0 Å². The molecule has 1 saturated heterocycles. The first-order chi connectivity index (χ1) is 12.7. The fraction of sp³-hybridized carbons (Fsp3) is 0.526. The normalized spacial score (nSPS) is 19.1. The van der Waals surface area contributed by atoms with Gasteiger partial charge in [-0.15, -0.1) is 0 Å². The summed E-state index contributed by atoms with van der Waals surface area (Å²) < 4.78 is 29.7. The summed E-state index contributed by atoms with van der Waals surface area (Å²) in [5.41, 5.74) is 1.23. The second kappa shape index (κ2) is 7.81. The Labute approximate surface area is 165 Å². The number of hydrogen-bond donors (Lipinski definition) is 0. The molecule has 0 bridgehead atoms. The lowest BCUT2D eigenvalue weighted by Gasteiger charge is -2.28. The average Bonchev–Trinajstić information content (AvgIpc) is 3.12. The van der Waals surface area contributed by atoms with E-state index in [0.717, 1.165) is 23.9 Å². The van der Waals surface area contributed by atoms with E-state index in [4.69, 9.17) is 16.0 Å². The van der Waals surface area contributed by atoms with Crippen LogP contribution in [0.3, 0.4) is 0 Å². The maximum absolute atomic E-state index is 13.3. The van der Waals surface area contributed by atoms with E-state index in [2.05, 4.69) is 0 Å². The van der Waals surface area contributed by atoms with Crippen molar-refractivity contribution in [2.45, 2.75) is 25.8 Å². The number of rotatable bonds is 6. The molecule has 6 nitrogen and oxygen atoms in total. The number of halogens is 1. The molecule has 2 aromatic rings. The third-order valence-corrected chi connectivity index (χ3v) is 7.07. The molecule has 1 atom stereocenters. The van der Waals surface area contributed by atoms with Gasteiger partial charge in [0.15, 0.2) is 21.2 Å². The summed E-state index contributed by atoms with van der Waals surface area (Å²) in [5.74, 6) is 0.119. The quantitative estimate of drug-likeness (QED) is 0.729. The molecule has 0 radical (unpaired) electrons. The Kier molecular flexibility index (Phi) is 5.84. The molecule has 1 aromatic heterocycles. The summed E-state index contributed by atoms with van der Waals surface area (Å²) >= 11 is 6.21. The van der Waals surface area contributed by atoms with Crippen LogP contribution in [0.2, 0.25) is 5.02 Å². The molecule has 1 aliphatic heterocycles. The maximum Gasteiger partial charge on any atom is 0.290 e. The van der Waals surface area contributed by atoms with E-state index in [1.54, 1.807) is 11.0 Å². The smallest absolute Gasteiger partial charge is 0.290 e. The number of nitrogens with zero attached hydrogens (tertiary/aromatic N) is 2. The van der Waals surface area contributed by atoms with Crippen molar-refractivity contribution < 1.29 is 17.6 Å². The fourth-order valence-electron chi connectivity index (χ4n) is 3.57. The van der Waals surface area contributed by atoms with E-state index >= 15 is 0 Å². The molecule has 1 aromatic carbocycles. The number of fused-ring (bicyclic) bond motifs is 1. The Morgan fingerprint density at radius 1 is 1.30 bits per heavy atom. The van der Waals surface area contributed by atoms with Crippen LogP contribution in [0.1, 0.15) is 29.0 Å². The number of furan rings is 1. The number of sulfone groups is 1. The molecular weight excluding hydrogens is 388 g/mol. The Balaban J connectivity index is 1.92. The number of para-hydroxylation sites is 1. The molecule has 27 heavy (non-hydrogen) atoms. The van der Waals surface area contributed by atoms with Gasteiger partial charge in [-0.05, 0) is 46.5 Å². The monoisotopic (exact) mass is 412 g/mol. The number of benzene rings is 1. The molecule has 0 spiro atoms. The van der Waals surface area contributed by atoms with Crippen molar-refractivity contribution in [3.8, 4) is 0 Å². The van der Waals surface area contributed by atoms with E-state index in [0.29, 0.717) is 23.6 Å². The Morgan fingerprint density at radius 2 is 2.04 bits per heavy atom. The number of carbonyl (C=O) groups is 1. The lowest BCUT2D eigenvalue weighted by atomic mass is 10.1. The van der Waals surface area contributed by atoms with Crippen LogP contribution in [-0.4, -0.2) is 68.9 Å². The van der Waals surface area contributed by atoms with E-state index < -0.39 is 9.84 Å². The Morgan fingerprint density at radius 3 is 2.63 bits per heavy atom. The second-order valence-electron chi connectivity index (χ2n) is 7.38. The molecule has 3 rings (SSSR count). The maximum atomic E-state index is 13.3. The van der Waals surface area contributed by atoms with Crippen molar-refractivity contribution in [3.63, 3.8) is 0 Å². The van der Waals surface area contributed by atoms with E-state index in [1.165, 1.54) is 0 Å². The van der Waals surface area contributed by atoms with Crippen molar-refractivity contribution in [2.75, 3.05) is 38.7 Å². The van der Waals surface area contributed by atoms with Crippen LogP contribution in [-0.2, 0) is 9.84 Å². The Bertz CT molecular complexity index is 952. The van der Waals surface area contributed by atoms with Gasteiger partial charge in [0.1, 0.15) is 0 Å². The highest BCUT2D eigenvalue weighted by molar-refractivity contribution is 7.91. The van der Waals surface area contributed by atoms with Gasteiger partial charge in [0.25, 0.3) is 5.91 Å². The summed E-state index contributed by atoms with van der Waals surface area (Å²) in [6.07, 6.45) is 1.23. The predicted molar refractivity (Wildman–Crippen MR) is 107 cm³/mol. The van der Waals surface area contributed by atoms with Gasteiger partial charge in [0.2, 0.25) is 0 Å². The first-order valence-electron chi connectivity index (χ1n) is 9.03. The van der Waals surface area contributed by atoms with Crippen molar-refractivity contribution in [2.24, 2.45) is 0 Å². The molecule has 2 heterocycles. The van der Waals surface area contributed by atoms with Crippen molar-refractivity contribution in [3.05, 3.63) is 34.5 Å². The third kappa shape index (κ3) is 4.31. The largest absolute Gasteiger partial charge is 0.449 e. The SMILES string of the molecule is Cc1c(C(=O)N(CCCN(C)C)C2CCS(=O)(=O)C2)oc2c(Cl)cccc12. The van der Waals surface area contributed by atoms with Crippen LogP contribution in [0, 0.1) is 6.92 Å². The fourth-order valence-corrected chi connectivity index (χ4v) is 5.52. The zero-order chi connectivity index (χ0) is 19.8. The summed E-state index contributed by atoms with van der Waals surface area (Å²) in [6, 6.07) is 5.10. The first kappa shape index (κ1) is 20.2. The molecule has 0 aliphatic carbocycles. The summed E-state index contributed by atoms with van der Waals surface area (Å²) in [7, 11) is 0.845. The minimum Gasteiger partial charge on any atom is -0.449 e. The van der Waals surface area contributed by atoms with Crippen molar-refractivity contribution in [1.82, 2.24) is 9.80 Å². The average molecular weight is 413 g/mol. The predicted octanol–water partition coefficient (Wildman–Crippen LogP) is 2.98. The van der Waals surface area contributed by atoms with Gasteiger partial charge in [0.05, 0.1) is 16.5 Å². The number of aryl methyl sites for hydroxylation is 1. The lowest BCUT2D eigenvalue weighted by Crippen LogP contribution is -2.42. The van der Waals surface area contributed by atoms with Crippen LogP contribution < -0.4 is 0 Å². The van der Waals surface area contributed by atoms with Crippen LogP contribution in [0.5, 0.6) is 0 Å². The van der Waals surface area contributed by atoms with Crippen LogP contribution in [0.25, 0.3) is 11.0 Å². The minimum absolute atomic E-state index is 0.0146. The van der Waals surface area contributed by atoms with Gasteiger partial charge in [-0.3, -0.25) is 4.79 Å². The zero-order valence-corrected chi connectivity index (χ0v) is 17.4. The highest BCUT2D eigenvalue weighted by atomic mass is 35.5. The molecule has 0 N–H and O–H groups in total. The standard InChI is InChI=1S/C19H25ClN2O4S/c1-13-15-6-4-7-16(20)18(15)26-17(13)19(23)22(10-5-9-21(2)3)14-8-11-27(24,25)12-14/h4,6-7,14H,5,8-12H2,1-3H3. The van der Waals surface area contributed by atoms with Gasteiger partial charge >= 0.3 is 0 Å². The van der Waals surface area contributed by atoms with Gasteiger partial charge in [-0.25, -0.2) is 8.42 Å². The van der Waals surface area contributed by atoms with Gasteiger partial charge in [-0.1, -0.05) is 23.7 Å². The number of hydrogen-bond acceptors (Lipinski definition) is 5. The molecule has 1 unspecified atom stereocenters. The highest BCUT2D eigenvalue weighted by Gasteiger charge is 2.36. The van der Waals surface area contributed by atoms with E-state index in [-0.39, 0.29) is 29.2 Å². The van der Waals surface area contributed by atoms with Gasteiger partial charge < -0.3 is 14.2 Å². The highest BCUT2D eigenvalue weighted by Crippen LogP contribution is 2.32. The number of amides is 1. The second-order valence-corrected chi connectivity index (χ2v) is 10.0. The molecule has 0 saturated carbocycles. The van der Waals surface area contributed by atoms with Crippen LogP contribution in [0.4, 0.5) is 0 Å². The molecule has 1 aliphatic rings. The molecule has 148 valence electrons. The lowest BCUT2D eigenvalue weighted by molar-refractivity contribution is 0.0659. The summed E-state index contributed by atoms with van der Waals surface area (Å²) in [5, 5.41) is 1.26. The summed E-state index contributed by atoms with van der Waals surface area (Å²) in [6.45, 7) is 3.13. The van der Waals surface area contributed by atoms with E-state index in [9.17, 15) is 13.2 Å². The van der Waals surface area contributed by atoms with Gasteiger partial charge in [0, 0.05) is 23.5 Å². The number of carbonyl (C=O) groups excluding carboxylic acids is 1. The molecule has 1 amide bonds. The molecule has 1 fully saturated rings. The van der Waals surface area contributed by atoms with Crippen LogP contribution in [0.15, 0.2) is 22.6 Å². The first-order valence-corrected chi connectivity index (χ1v) is 11.2. The minimum atomic E-state index is -3.10. The van der Waals surface area contributed by atoms with Crippen molar-refractivity contribution in [1.29, 1.82) is 0 Å². The van der Waals surface area contributed by atoms with Crippen molar-refractivity contribution >= 4 is 38.3 Å². The van der Waals surface area contributed by atoms with E-state index in [1.807, 2.05) is 38.1 Å². The molecule has 8 heteroatoms. The summed E-state index contributed by atoms with van der Waals surface area (Å²) in [4.78, 5) is 17.0.